The number of fused-ring (bicyclic) bond motifs is 3. The van der Waals surface area contributed by atoms with E-state index in [-0.39, 0.29) is 30.2 Å². The van der Waals surface area contributed by atoms with Gasteiger partial charge in [0.1, 0.15) is 0 Å². The number of hydrogen-bond donors (Lipinski definition) is 0. The van der Waals surface area contributed by atoms with Crippen LogP contribution in [0.2, 0.25) is 10.0 Å². The normalized spacial score (nSPS) is 13.9. The zero-order valence-electron chi connectivity index (χ0n) is 37.2. The molecule has 0 spiro atoms. The van der Waals surface area contributed by atoms with E-state index in [9.17, 15) is 0 Å². The molecular weight excluding hydrogens is 906 g/mol. The average Bonchev–Trinajstić information content (AvgIpc) is 3.76. The number of halogens is 4. The first-order valence-electron chi connectivity index (χ1n) is 21.3. The van der Waals surface area contributed by atoms with E-state index in [0.29, 0.717) is 5.92 Å². The molecule has 61 heavy (non-hydrogen) atoms. The van der Waals surface area contributed by atoms with Gasteiger partial charge in [-0.3, -0.25) is 0 Å². The molecule has 0 amide bonds. The third kappa shape index (κ3) is 9.22. The second-order valence-corrected chi connectivity index (χ2v) is 24.8. The monoisotopic (exact) mass is 958 g/mol. The van der Waals surface area contributed by atoms with Gasteiger partial charge in [-0.25, -0.2) is 0 Å². The molecule has 0 saturated carbocycles. The maximum absolute atomic E-state index is 6.68. The molecule has 0 radical (unpaired) electrons. The molecule has 5 heteroatoms. The number of hydrogen-bond acceptors (Lipinski definition) is 0. The summed E-state index contributed by atoms with van der Waals surface area (Å²) in [7, 11) is 0. The predicted octanol–water partition coefficient (Wildman–Crippen LogP) is 9.56. The number of rotatable bonds is 8. The molecule has 8 rings (SSSR count). The molecular formula is C56H56Cl4Zr. The van der Waals surface area contributed by atoms with Gasteiger partial charge in [-0.05, 0) is 0 Å². The standard InChI is InChI=1S/C31H29.C13H8Cl2.C12H19.2ClH.Zr/c1-18-11-20(3)30(21(4)12-18)24-7-9-28-26(15-24)17-27-16-25(8-10-29(27)28)31-22(5)13-19(2)14-23(31)6;14-12-5-1-10(2-6-12)9-11-3-7-13(15)8-4-11;1-5-6-10-7-8-11(9-10)12(2,3)4;;;/h7-15H,17H2,1-6H3;1-8H;8-10H,5-6H2,1-4H3;2*1H;/q;;;;;+2/p-2. The van der Waals surface area contributed by atoms with Crippen LogP contribution in [0, 0.1) is 52.9 Å². The molecule has 2 aliphatic carbocycles. The van der Waals surface area contributed by atoms with Crippen molar-refractivity contribution in [3.63, 3.8) is 0 Å². The summed E-state index contributed by atoms with van der Waals surface area (Å²) in [6.07, 6.45) is 8.49. The smallest absolute Gasteiger partial charge is 1.00 e. The van der Waals surface area contributed by atoms with Gasteiger partial charge >= 0.3 is 374 Å². The SMILES string of the molecule is CCCC1C=C(C(C)(C)C)C=[C]1[Zr+2](=[C](c1ccc(Cl)cc1)c1ccc(Cl)cc1)[c]1c(-c2c(C)cc(C)cc2C)ccc2c1Cc1cc(-c3c(C)cc(C)cc3C)ccc1-2.[Cl-].[Cl-]. The van der Waals surface area contributed by atoms with Crippen molar-refractivity contribution in [1.29, 1.82) is 0 Å². The number of aryl methyl sites for hydroxylation is 6. The van der Waals surface area contributed by atoms with E-state index < -0.39 is 21.3 Å². The molecule has 0 bridgehead atoms. The summed E-state index contributed by atoms with van der Waals surface area (Å²) in [6, 6.07) is 39.1. The second-order valence-electron chi connectivity index (χ2n) is 18.2. The summed E-state index contributed by atoms with van der Waals surface area (Å²) in [5.41, 5.74) is 23.2. The fourth-order valence-electron chi connectivity index (χ4n) is 10.2. The van der Waals surface area contributed by atoms with Crippen LogP contribution in [-0.4, -0.2) is 3.21 Å². The van der Waals surface area contributed by atoms with Crippen molar-refractivity contribution in [3.05, 3.63) is 190 Å². The van der Waals surface area contributed by atoms with Crippen LogP contribution in [0.4, 0.5) is 0 Å². The van der Waals surface area contributed by atoms with E-state index in [1.807, 2.05) is 0 Å². The molecule has 1 unspecified atom stereocenters. The first-order chi connectivity index (χ1) is 28.1. The molecule has 6 aromatic carbocycles. The zero-order chi connectivity index (χ0) is 41.9. The van der Waals surface area contributed by atoms with Crippen molar-refractivity contribution >= 4 is 29.7 Å². The van der Waals surface area contributed by atoms with Gasteiger partial charge in [0.15, 0.2) is 0 Å². The van der Waals surface area contributed by atoms with Crippen molar-refractivity contribution in [2.45, 2.75) is 88.5 Å². The molecule has 0 N–H and O–H groups in total. The minimum Gasteiger partial charge on any atom is -1.00 e. The summed E-state index contributed by atoms with van der Waals surface area (Å²) in [6.45, 7) is 23.1. The Bertz CT molecular complexity index is 2650. The molecule has 0 nitrogen and oxygen atoms in total. The van der Waals surface area contributed by atoms with E-state index in [4.69, 9.17) is 23.2 Å². The Balaban J connectivity index is 0.00000311. The van der Waals surface area contributed by atoms with Crippen LogP contribution in [0.25, 0.3) is 33.4 Å². The molecule has 1 atom stereocenters. The Hall–Kier alpha value is -3.29. The Kier molecular flexibility index (Phi) is 14.6. The Morgan fingerprint density at radius 3 is 1.62 bits per heavy atom. The maximum atomic E-state index is 6.68. The minimum atomic E-state index is -3.28. The summed E-state index contributed by atoms with van der Waals surface area (Å²) < 4.78 is 4.76. The second kappa shape index (κ2) is 18.8. The fraction of sp³-hybridized carbons (Fsp3) is 0.268. The van der Waals surface area contributed by atoms with E-state index >= 15 is 0 Å². The van der Waals surface area contributed by atoms with Crippen molar-refractivity contribution < 1.29 is 46.1 Å². The van der Waals surface area contributed by atoms with Gasteiger partial charge in [-0.1, -0.05) is 0 Å². The van der Waals surface area contributed by atoms with Gasteiger partial charge < -0.3 is 24.8 Å². The van der Waals surface area contributed by atoms with Crippen LogP contribution in [0.1, 0.15) is 96.2 Å². The van der Waals surface area contributed by atoms with Gasteiger partial charge in [0.2, 0.25) is 0 Å². The molecule has 6 aromatic rings. The molecule has 0 aliphatic heterocycles. The first kappa shape index (κ1) is 47.2. The van der Waals surface area contributed by atoms with Crippen molar-refractivity contribution in [1.82, 2.24) is 0 Å². The van der Waals surface area contributed by atoms with E-state index in [1.165, 1.54) is 97.8 Å². The van der Waals surface area contributed by atoms with Crippen LogP contribution in [0.15, 0.2) is 124 Å². The van der Waals surface area contributed by atoms with Gasteiger partial charge in [0.05, 0.1) is 0 Å². The summed E-state index contributed by atoms with van der Waals surface area (Å²) in [4.78, 5) is 0. The van der Waals surface area contributed by atoms with Crippen LogP contribution in [-0.2, 0) is 27.7 Å². The average molecular weight is 962 g/mol. The molecule has 2 aliphatic rings. The van der Waals surface area contributed by atoms with Crippen molar-refractivity contribution in [2.24, 2.45) is 11.3 Å². The van der Waals surface area contributed by atoms with Gasteiger partial charge in [-0.15, -0.1) is 0 Å². The molecule has 0 fully saturated rings. The Labute approximate surface area is 395 Å². The molecule has 0 saturated heterocycles. The third-order valence-corrected chi connectivity index (χ3v) is 21.1. The van der Waals surface area contributed by atoms with Gasteiger partial charge in [0, 0.05) is 0 Å². The van der Waals surface area contributed by atoms with Gasteiger partial charge in [-0.2, -0.15) is 0 Å². The number of allylic oxidation sites excluding steroid dienone is 4. The third-order valence-electron chi connectivity index (χ3n) is 12.6. The summed E-state index contributed by atoms with van der Waals surface area (Å²) in [5, 5.41) is 1.51. The summed E-state index contributed by atoms with van der Waals surface area (Å²) in [5.74, 6) is 0.380. The zero-order valence-corrected chi connectivity index (χ0v) is 42.7. The van der Waals surface area contributed by atoms with Crippen LogP contribution in [0.3, 0.4) is 0 Å². The minimum absolute atomic E-state index is 0. The maximum Gasteiger partial charge on any atom is -1.00 e. The van der Waals surface area contributed by atoms with Gasteiger partial charge in [0.25, 0.3) is 0 Å². The van der Waals surface area contributed by atoms with Crippen LogP contribution >= 0.6 is 23.2 Å². The Morgan fingerprint density at radius 1 is 0.623 bits per heavy atom. The fourth-order valence-corrected chi connectivity index (χ4v) is 19.4. The van der Waals surface area contributed by atoms with Crippen molar-refractivity contribution in [2.75, 3.05) is 0 Å². The molecule has 0 aromatic heterocycles. The van der Waals surface area contributed by atoms with Crippen molar-refractivity contribution in [3.8, 4) is 33.4 Å². The largest absolute Gasteiger partial charge is 1.00 e. The van der Waals surface area contributed by atoms with E-state index in [0.717, 1.165) is 29.3 Å². The molecule has 0 heterocycles. The Morgan fingerprint density at radius 2 is 1.11 bits per heavy atom. The molecule has 312 valence electrons. The van der Waals surface area contributed by atoms with E-state index in [1.54, 1.807) is 6.55 Å². The van der Waals surface area contributed by atoms with Crippen LogP contribution in [0.5, 0.6) is 0 Å². The quantitative estimate of drug-likeness (QED) is 0.143. The summed E-state index contributed by atoms with van der Waals surface area (Å²) >= 11 is 10.1. The number of benzene rings is 6. The topological polar surface area (TPSA) is 0 Å². The predicted molar refractivity (Wildman–Crippen MR) is 254 cm³/mol. The van der Waals surface area contributed by atoms with Crippen LogP contribution < -0.4 is 28.1 Å². The van der Waals surface area contributed by atoms with E-state index in [2.05, 4.69) is 185 Å². The first-order valence-corrected chi connectivity index (χ1v) is 25.7.